The minimum absolute atomic E-state index is 0.366. The maximum atomic E-state index is 11.5. The van der Waals surface area contributed by atoms with Gasteiger partial charge < -0.3 is 19.2 Å². The van der Waals surface area contributed by atoms with Gasteiger partial charge in [-0.3, -0.25) is 4.79 Å². The van der Waals surface area contributed by atoms with Crippen LogP contribution in [0.2, 0.25) is 0 Å². The summed E-state index contributed by atoms with van der Waals surface area (Å²) in [6, 6.07) is 18.4. The Morgan fingerprint density at radius 2 is 1.79 bits per heavy atom. The summed E-state index contributed by atoms with van der Waals surface area (Å²) in [6.45, 7) is 0.366. The molecule has 0 fully saturated rings. The number of para-hydroxylation sites is 3. The summed E-state index contributed by atoms with van der Waals surface area (Å²) in [5.41, 5.74) is 0.399. The first kappa shape index (κ1) is 15.7. The van der Waals surface area contributed by atoms with E-state index in [0.29, 0.717) is 18.1 Å². The first-order valence-corrected chi connectivity index (χ1v) is 7.47. The van der Waals surface area contributed by atoms with Crippen molar-refractivity contribution in [1.82, 2.24) is 0 Å². The molecular weight excluding hydrogens is 306 g/mol. The predicted octanol–water partition coefficient (Wildman–Crippen LogP) is 3.77. The normalized spacial score (nSPS) is 10.4. The Labute approximate surface area is 139 Å². The molecule has 5 nitrogen and oxygen atoms in total. The molecule has 0 bridgehead atoms. The van der Waals surface area contributed by atoms with Crippen LogP contribution < -0.4 is 15.1 Å². The molecular formula is C19H17NO4. The van der Waals surface area contributed by atoms with Gasteiger partial charge in [0.25, 0.3) is 0 Å². The Balaban J connectivity index is 1.83. The highest BCUT2D eigenvalue weighted by Gasteiger charge is 2.11. The first-order valence-electron chi connectivity index (χ1n) is 7.47. The number of nitrogens with zero attached hydrogens (tertiary/aromatic N) is 1. The van der Waals surface area contributed by atoms with Crippen molar-refractivity contribution in [2.75, 3.05) is 11.9 Å². The number of hydrogen-bond donors (Lipinski definition) is 1. The maximum Gasteiger partial charge on any atom is 0.226 e. The smallest absolute Gasteiger partial charge is 0.226 e. The minimum Gasteiger partial charge on any atom is -0.502 e. The molecule has 3 rings (SSSR count). The third-order valence-electron chi connectivity index (χ3n) is 3.51. The van der Waals surface area contributed by atoms with Gasteiger partial charge in [0.2, 0.25) is 5.43 Å². The van der Waals surface area contributed by atoms with E-state index < -0.39 is 11.2 Å². The average molecular weight is 323 g/mol. The average Bonchev–Trinajstić information content (AvgIpc) is 2.59. The number of ether oxygens (including phenoxy) is 1. The molecule has 1 heterocycles. The summed E-state index contributed by atoms with van der Waals surface area (Å²) >= 11 is 0. The van der Waals surface area contributed by atoms with Crippen molar-refractivity contribution in [3.05, 3.63) is 82.9 Å². The van der Waals surface area contributed by atoms with Crippen LogP contribution in [-0.2, 0) is 6.54 Å². The van der Waals surface area contributed by atoms with Crippen LogP contribution in [0.1, 0.15) is 5.76 Å². The van der Waals surface area contributed by atoms with Crippen LogP contribution in [0.5, 0.6) is 17.2 Å². The van der Waals surface area contributed by atoms with E-state index in [-0.39, 0.29) is 0 Å². The van der Waals surface area contributed by atoms with Crippen LogP contribution in [0.3, 0.4) is 0 Å². The van der Waals surface area contributed by atoms with E-state index in [4.69, 9.17) is 9.15 Å². The zero-order chi connectivity index (χ0) is 16.9. The second-order valence-corrected chi connectivity index (χ2v) is 5.33. The number of hydrogen-bond acceptors (Lipinski definition) is 5. The second kappa shape index (κ2) is 6.91. The van der Waals surface area contributed by atoms with Crippen molar-refractivity contribution in [1.29, 1.82) is 0 Å². The van der Waals surface area contributed by atoms with Gasteiger partial charge in [-0.15, -0.1) is 0 Å². The molecule has 0 saturated heterocycles. The van der Waals surface area contributed by atoms with E-state index in [2.05, 4.69) is 0 Å². The number of rotatable bonds is 5. The van der Waals surface area contributed by atoms with E-state index in [9.17, 15) is 9.90 Å². The van der Waals surface area contributed by atoms with Gasteiger partial charge in [-0.05, 0) is 24.3 Å². The molecule has 0 amide bonds. The molecule has 0 saturated carbocycles. The molecule has 1 N–H and O–H groups in total. The number of aromatic hydroxyl groups is 1. The van der Waals surface area contributed by atoms with Gasteiger partial charge in [-0.2, -0.15) is 0 Å². The lowest BCUT2D eigenvalue weighted by atomic mass is 10.2. The molecule has 24 heavy (non-hydrogen) atoms. The molecule has 0 unspecified atom stereocenters. The first-order chi connectivity index (χ1) is 11.6. The van der Waals surface area contributed by atoms with Crippen molar-refractivity contribution in [2.24, 2.45) is 0 Å². The summed E-state index contributed by atoms with van der Waals surface area (Å²) in [6.07, 6.45) is 1.05. The van der Waals surface area contributed by atoms with E-state index in [1.807, 2.05) is 66.5 Å². The van der Waals surface area contributed by atoms with Gasteiger partial charge in [0.05, 0.1) is 12.2 Å². The van der Waals surface area contributed by atoms with Crippen molar-refractivity contribution in [2.45, 2.75) is 6.54 Å². The van der Waals surface area contributed by atoms with Crippen LogP contribution >= 0.6 is 0 Å². The van der Waals surface area contributed by atoms with Gasteiger partial charge in [0.15, 0.2) is 11.5 Å². The maximum absolute atomic E-state index is 11.5. The lowest BCUT2D eigenvalue weighted by Gasteiger charge is -2.21. The van der Waals surface area contributed by atoms with Crippen LogP contribution in [0, 0.1) is 0 Å². The second-order valence-electron chi connectivity index (χ2n) is 5.33. The molecule has 2 aromatic carbocycles. The Hall–Kier alpha value is -3.21. The SMILES string of the molecule is CN(Cc1cc(=O)c(O)co1)c1ccccc1Oc1ccccc1. The van der Waals surface area contributed by atoms with Crippen LogP contribution in [-0.4, -0.2) is 12.2 Å². The lowest BCUT2D eigenvalue weighted by Crippen LogP contribution is -2.18. The van der Waals surface area contributed by atoms with E-state index in [1.54, 1.807) is 0 Å². The van der Waals surface area contributed by atoms with Crippen LogP contribution in [0.4, 0.5) is 5.69 Å². The van der Waals surface area contributed by atoms with Crippen LogP contribution in [0.25, 0.3) is 0 Å². The molecule has 122 valence electrons. The van der Waals surface area contributed by atoms with Gasteiger partial charge in [0.1, 0.15) is 17.8 Å². The molecule has 0 aliphatic rings. The molecule has 3 aromatic rings. The van der Waals surface area contributed by atoms with Crippen molar-refractivity contribution in [3.8, 4) is 17.2 Å². The fraction of sp³-hybridized carbons (Fsp3) is 0.105. The Morgan fingerprint density at radius 3 is 2.54 bits per heavy atom. The molecule has 0 radical (unpaired) electrons. The zero-order valence-corrected chi connectivity index (χ0v) is 13.2. The van der Waals surface area contributed by atoms with Crippen molar-refractivity contribution in [3.63, 3.8) is 0 Å². The summed E-state index contributed by atoms with van der Waals surface area (Å²) in [5.74, 6) is 1.51. The van der Waals surface area contributed by atoms with Gasteiger partial charge in [-0.1, -0.05) is 30.3 Å². The Bertz CT molecular complexity index is 874. The van der Waals surface area contributed by atoms with Crippen molar-refractivity contribution < 1.29 is 14.3 Å². The van der Waals surface area contributed by atoms with Crippen LogP contribution in [0.15, 0.2) is 76.1 Å². The lowest BCUT2D eigenvalue weighted by molar-refractivity contribution is 0.412. The largest absolute Gasteiger partial charge is 0.502 e. The standard InChI is InChI=1S/C19H17NO4/c1-20(12-15-11-17(21)18(22)13-23-15)16-9-5-6-10-19(16)24-14-7-3-2-4-8-14/h2-11,13,22H,12H2,1H3. The van der Waals surface area contributed by atoms with E-state index >= 15 is 0 Å². The molecule has 0 aliphatic carbocycles. The summed E-state index contributed by atoms with van der Waals surface area (Å²) in [5, 5.41) is 9.26. The summed E-state index contributed by atoms with van der Waals surface area (Å²) in [4.78, 5) is 13.4. The summed E-state index contributed by atoms with van der Waals surface area (Å²) in [7, 11) is 1.88. The highest BCUT2D eigenvalue weighted by atomic mass is 16.5. The highest BCUT2D eigenvalue weighted by Crippen LogP contribution is 2.32. The minimum atomic E-state index is -0.460. The van der Waals surface area contributed by atoms with Gasteiger partial charge in [-0.25, -0.2) is 0 Å². The van der Waals surface area contributed by atoms with E-state index in [0.717, 1.165) is 17.7 Å². The quantitative estimate of drug-likeness (QED) is 0.774. The monoisotopic (exact) mass is 323 g/mol. The number of benzene rings is 2. The highest BCUT2D eigenvalue weighted by molar-refractivity contribution is 5.59. The summed E-state index contributed by atoms with van der Waals surface area (Å²) < 4.78 is 11.2. The Kier molecular flexibility index (Phi) is 4.52. The molecule has 5 heteroatoms. The van der Waals surface area contributed by atoms with Gasteiger partial charge >= 0.3 is 0 Å². The van der Waals surface area contributed by atoms with Gasteiger partial charge in [0, 0.05) is 13.1 Å². The van der Waals surface area contributed by atoms with E-state index in [1.165, 1.54) is 6.07 Å². The van der Waals surface area contributed by atoms with Crippen molar-refractivity contribution >= 4 is 5.69 Å². The molecule has 0 atom stereocenters. The Morgan fingerprint density at radius 1 is 1.08 bits per heavy atom. The fourth-order valence-corrected chi connectivity index (χ4v) is 2.32. The fourth-order valence-electron chi connectivity index (χ4n) is 2.32. The zero-order valence-electron chi connectivity index (χ0n) is 13.2. The molecule has 0 spiro atoms. The third-order valence-corrected chi connectivity index (χ3v) is 3.51. The number of anilines is 1. The predicted molar refractivity (Wildman–Crippen MR) is 91.7 cm³/mol. The topological polar surface area (TPSA) is 62.9 Å². The third kappa shape index (κ3) is 3.57. The molecule has 1 aromatic heterocycles. The molecule has 0 aliphatic heterocycles.